The minimum absolute atomic E-state index is 0. The van der Waals surface area contributed by atoms with E-state index in [2.05, 4.69) is 10.6 Å². The molecule has 0 aliphatic rings. The Hall–Kier alpha value is -1.26. The minimum atomic E-state index is -0.0970. The topological polar surface area (TPSA) is 50.4 Å². The van der Waals surface area contributed by atoms with E-state index in [0.717, 1.165) is 17.9 Å². The third-order valence-electron chi connectivity index (χ3n) is 2.39. The maximum atomic E-state index is 11.4. The second kappa shape index (κ2) is 8.78. The van der Waals surface area contributed by atoms with E-state index in [1.165, 1.54) is 5.56 Å². The predicted octanol–water partition coefficient (Wildman–Crippen LogP) is 1.44. The molecule has 0 fully saturated rings. The first-order chi connectivity index (χ1) is 8.13. The number of halogens is 1. The second-order valence-corrected chi connectivity index (χ2v) is 4.01. The number of carbonyl (C=O) groups is 1. The number of benzene rings is 1. The van der Waals surface area contributed by atoms with Gasteiger partial charge in [0.1, 0.15) is 5.75 Å². The van der Waals surface area contributed by atoms with Crippen molar-refractivity contribution in [3.63, 3.8) is 0 Å². The van der Waals surface area contributed by atoms with Crippen molar-refractivity contribution in [3.8, 4) is 5.75 Å². The smallest absolute Gasteiger partial charge is 0.257 e. The fourth-order valence-electron chi connectivity index (χ4n) is 1.48. The van der Waals surface area contributed by atoms with Gasteiger partial charge in [0.25, 0.3) is 5.91 Å². The zero-order valence-corrected chi connectivity index (χ0v) is 11.9. The van der Waals surface area contributed by atoms with E-state index in [9.17, 15) is 4.79 Å². The number of nitrogens with one attached hydrogen (secondary N) is 2. The average Bonchev–Trinajstić information content (AvgIpc) is 2.28. The van der Waals surface area contributed by atoms with Crippen molar-refractivity contribution in [1.82, 2.24) is 10.6 Å². The second-order valence-electron chi connectivity index (χ2n) is 4.01. The van der Waals surface area contributed by atoms with Gasteiger partial charge in [-0.25, -0.2) is 0 Å². The van der Waals surface area contributed by atoms with E-state index in [1.54, 1.807) is 0 Å². The van der Waals surface area contributed by atoms with Crippen molar-refractivity contribution < 1.29 is 9.53 Å². The summed E-state index contributed by atoms with van der Waals surface area (Å²) in [6.45, 7) is 5.44. The summed E-state index contributed by atoms with van der Waals surface area (Å²) in [4.78, 5) is 11.4. The lowest BCUT2D eigenvalue weighted by molar-refractivity contribution is -0.123. The molecule has 102 valence electrons. The predicted molar refractivity (Wildman–Crippen MR) is 75.6 cm³/mol. The normalized spacial score (nSPS) is 9.50. The number of hydrogen-bond acceptors (Lipinski definition) is 3. The van der Waals surface area contributed by atoms with E-state index in [-0.39, 0.29) is 24.9 Å². The van der Waals surface area contributed by atoms with Crippen LogP contribution in [0.1, 0.15) is 11.1 Å². The first-order valence-corrected chi connectivity index (χ1v) is 5.75. The van der Waals surface area contributed by atoms with Crippen molar-refractivity contribution in [2.75, 3.05) is 26.7 Å². The first-order valence-electron chi connectivity index (χ1n) is 5.75. The Balaban J connectivity index is 0.00000289. The number of rotatable bonds is 6. The Morgan fingerprint density at radius 3 is 2.61 bits per heavy atom. The Morgan fingerprint density at radius 1 is 1.28 bits per heavy atom. The zero-order valence-electron chi connectivity index (χ0n) is 11.1. The quantitative estimate of drug-likeness (QED) is 0.771. The highest BCUT2D eigenvalue weighted by molar-refractivity contribution is 5.85. The highest BCUT2D eigenvalue weighted by Crippen LogP contribution is 2.18. The molecule has 0 unspecified atom stereocenters. The van der Waals surface area contributed by atoms with Crippen LogP contribution in [-0.2, 0) is 4.79 Å². The number of aryl methyl sites for hydroxylation is 2. The molecule has 0 aliphatic carbocycles. The van der Waals surface area contributed by atoms with Gasteiger partial charge in [0.05, 0.1) is 0 Å². The molecule has 0 heterocycles. The molecular weight excluding hydrogens is 252 g/mol. The van der Waals surface area contributed by atoms with Crippen LogP contribution in [0.5, 0.6) is 5.75 Å². The SMILES string of the molecule is CNCCNC(=O)COc1ccc(C)cc1C.Cl. The van der Waals surface area contributed by atoms with Crippen LogP contribution >= 0.6 is 12.4 Å². The van der Waals surface area contributed by atoms with Crippen molar-refractivity contribution >= 4 is 18.3 Å². The molecule has 0 radical (unpaired) electrons. The van der Waals surface area contributed by atoms with Gasteiger partial charge < -0.3 is 15.4 Å². The average molecular weight is 273 g/mol. The summed E-state index contributed by atoms with van der Waals surface area (Å²) in [5.74, 6) is 0.666. The van der Waals surface area contributed by atoms with Crippen LogP contribution in [0.25, 0.3) is 0 Å². The molecule has 0 aromatic heterocycles. The van der Waals surface area contributed by atoms with Crippen molar-refractivity contribution in [2.24, 2.45) is 0 Å². The summed E-state index contributed by atoms with van der Waals surface area (Å²) in [5.41, 5.74) is 2.24. The lowest BCUT2D eigenvalue weighted by Crippen LogP contribution is -2.33. The van der Waals surface area contributed by atoms with E-state index in [4.69, 9.17) is 4.74 Å². The largest absolute Gasteiger partial charge is 0.484 e. The molecule has 0 spiro atoms. The summed E-state index contributed by atoms with van der Waals surface area (Å²) >= 11 is 0. The summed E-state index contributed by atoms with van der Waals surface area (Å²) in [5, 5.41) is 5.71. The van der Waals surface area contributed by atoms with Crippen LogP contribution < -0.4 is 15.4 Å². The van der Waals surface area contributed by atoms with Crippen molar-refractivity contribution in [2.45, 2.75) is 13.8 Å². The third-order valence-corrected chi connectivity index (χ3v) is 2.39. The molecule has 2 N–H and O–H groups in total. The lowest BCUT2D eigenvalue weighted by Gasteiger charge is -2.10. The molecule has 0 saturated carbocycles. The van der Waals surface area contributed by atoms with Crippen LogP contribution in [0.3, 0.4) is 0 Å². The molecule has 1 amide bonds. The van der Waals surface area contributed by atoms with Gasteiger partial charge >= 0.3 is 0 Å². The highest BCUT2D eigenvalue weighted by Gasteiger charge is 2.04. The van der Waals surface area contributed by atoms with Gasteiger partial charge in [0.2, 0.25) is 0 Å². The van der Waals surface area contributed by atoms with Gasteiger partial charge in [-0.2, -0.15) is 0 Å². The maximum absolute atomic E-state index is 11.4. The molecule has 18 heavy (non-hydrogen) atoms. The summed E-state index contributed by atoms with van der Waals surface area (Å²) in [6, 6.07) is 5.90. The molecule has 1 aromatic carbocycles. The molecule has 0 aliphatic heterocycles. The molecular formula is C13H21ClN2O2. The van der Waals surface area contributed by atoms with Crippen LogP contribution in [0.4, 0.5) is 0 Å². The molecule has 1 rings (SSSR count). The first kappa shape index (κ1) is 16.7. The molecule has 1 aromatic rings. The lowest BCUT2D eigenvalue weighted by atomic mass is 10.1. The van der Waals surface area contributed by atoms with E-state index in [0.29, 0.717) is 6.54 Å². The Bertz CT molecular complexity index is 383. The molecule has 0 atom stereocenters. The van der Waals surface area contributed by atoms with Crippen LogP contribution in [0.2, 0.25) is 0 Å². The Kier molecular flexibility index (Phi) is 8.16. The minimum Gasteiger partial charge on any atom is -0.484 e. The zero-order chi connectivity index (χ0) is 12.7. The summed E-state index contributed by atoms with van der Waals surface area (Å²) in [6.07, 6.45) is 0. The van der Waals surface area contributed by atoms with E-state index in [1.807, 2.05) is 39.1 Å². The molecule has 5 heteroatoms. The van der Waals surface area contributed by atoms with Crippen molar-refractivity contribution in [1.29, 1.82) is 0 Å². The Morgan fingerprint density at radius 2 is 2.00 bits per heavy atom. The fraction of sp³-hybridized carbons (Fsp3) is 0.462. The highest BCUT2D eigenvalue weighted by atomic mass is 35.5. The van der Waals surface area contributed by atoms with Crippen LogP contribution in [0, 0.1) is 13.8 Å². The number of likely N-dealkylation sites (N-methyl/N-ethyl adjacent to an activating group) is 1. The van der Waals surface area contributed by atoms with Gasteiger partial charge in [0.15, 0.2) is 6.61 Å². The van der Waals surface area contributed by atoms with Gasteiger partial charge in [-0.3, -0.25) is 4.79 Å². The monoisotopic (exact) mass is 272 g/mol. The number of ether oxygens (including phenoxy) is 1. The number of carbonyl (C=O) groups excluding carboxylic acids is 1. The van der Waals surface area contributed by atoms with Gasteiger partial charge in [0, 0.05) is 13.1 Å². The molecule has 4 nitrogen and oxygen atoms in total. The van der Waals surface area contributed by atoms with E-state index < -0.39 is 0 Å². The standard InChI is InChI=1S/C13H20N2O2.ClH/c1-10-4-5-12(11(2)8-10)17-9-13(16)15-7-6-14-3;/h4-5,8,14H,6-7,9H2,1-3H3,(H,15,16);1H. The number of hydrogen-bond donors (Lipinski definition) is 2. The van der Waals surface area contributed by atoms with Gasteiger partial charge in [-0.15, -0.1) is 12.4 Å². The maximum Gasteiger partial charge on any atom is 0.257 e. The van der Waals surface area contributed by atoms with Crippen molar-refractivity contribution in [3.05, 3.63) is 29.3 Å². The summed E-state index contributed by atoms with van der Waals surface area (Å²) < 4.78 is 5.45. The molecule has 0 bridgehead atoms. The van der Waals surface area contributed by atoms with Gasteiger partial charge in [-0.05, 0) is 32.5 Å². The number of amides is 1. The Labute approximate surface area is 115 Å². The fourth-order valence-corrected chi connectivity index (χ4v) is 1.48. The van der Waals surface area contributed by atoms with Crippen LogP contribution in [0.15, 0.2) is 18.2 Å². The molecule has 0 saturated heterocycles. The third kappa shape index (κ3) is 5.89. The summed E-state index contributed by atoms with van der Waals surface area (Å²) in [7, 11) is 1.85. The van der Waals surface area contributed by atoms with Gasteiger partial charge in [-0.1, -0.05) is 17.7 Å². The van der Waals surface area contributed by atoms with Crippen LogP contribution in [-0.4, -0.2) is 32.7 Å². The van der Waals surface area contributed by atoms with E-state index >= 15 is 0 Å².